The monoisotopic (exact) mass is 164 g/mol. The fourth-order valence-corrected chi connectivity index (χ4v) is 2.70. The molecule has 2 rings (SSSR count). The van der Waals surface area contributed by atoms with Gasteiger partial charge in [-0.2, -0.15) is 0 Å². The summed E-state index contributed by atoms with van der Waals surface area (Å²) in [6.45, 7) is 4.10. The molecule has 1 nitrogen and oxygen atoms in total. The minimum Gasteiger partial charge on any atom is -0.300 e. The summed E-state index contributed by atoms with van der Waals surface area (Å²) in [4.78, 5) is 11.3. The van der Waals surface area contributed by atoms with E-state index in [0.29, 0.717) is 17.6 Å². The fourth-order valence-electron chi connectivity index (χ4n) is 2.70. The highest BCUT2D eigenvalue weighted by Gasteiger charge is 2.32. The molecule has 66 valence electrons. The summed E-state index contributed by atoms with van der Waals surface area (Å²) in [6.07, 6.45) is 6.41. The number of ketones is 1. The van der Waals surface area contributed by atoms with Crippen molar-refractivity contribution in [3.8, 4) is 0 Å². The molecule has 2 unspecified atom stereocenters. The van der Waals surface area contributed by atoms with Crippen LogP contribution in [0.2, 0.25) is 0 Å². The molecular formula is C11H16O. The molecule has 0 spiro atoms. The van der Waals surface area contributed by atoms with E-state index in [4.69, 9.17) is 0 Å². The molecule has 2 saturated carbocycles. The summed E-state index contributed by atoms with van der Waals surface area (Å²) in [7, 11) is 0. The first kappa shape index (κ1) is 8.03. The summed E-state index contributed by atoms with van der Waals surface area (Å²) < 4.78 is 0. The number of allylic oxidation sites excluding steroid dienone is 1. The minimum atomic E-state index is 0.463. The van der Waals surface area contributed by atoms with Crippen LogP contribution in [0.3, 0.4) is 0 Å². The van der Waals surface area contributed by atoms with E-state index in [1.54, 1.807) is 0 Å². The van der Waals surface area contributed by atoms with Crippen molar-refractivity contribution in [3.63, 3.8) is 0 Å². The molecule has 1 heteroatoms. The molecule has 0 heterocycles. The lowest BCUT2D eigenvalue weighted by atomic mass is 9.88. The smallest absolute Gasteiger partial charge is 0.133 e. The quantitative estimate of drug-likeness (QED) is 0.503. The molecule has 2 atom stereocenters. The van der Waals surface area contributed by atoms with Gasteiger partial charge in [0.2, 0.25) is 0 Å². The lowest BCUT2D eigenvalue weighted by Gasteiger charge is -2.16. The topological polar surface area (TPSA) is 17.1 Å². The lowest BCUT2D eigenvalue weighted by molar-refractivity contribution is -0.119. The van der Waals surface area contributed by atoms with Gasteiger partial charge in [0.25, 0.3) is 0 Å². The first-order valence-electron chi connectivity index (χ1n) is 4.97. The first-order valence-corrected chi connectivity index (χ1v) is 4.97. The Labute approximate surface area is 73.8 Å². The molecule has 2 aliphatic carbocycles. The molecule has 0 amide bonds. The van der Waals surface area contributed by atoms with Crippen molar-refractivity contribution in [1.82, 2.24) is 0 Å². The van der Waals surface area contributed by atoms with Crippen molar-refractivity contribution < 1.29 is 4.79 Å². The third-order valence-corrected chi connectivity index (χ3v) is 3.40. The zero-order valence-electron chi connectivity index (χ0n) is 7.51. The SMILES string of the molecule is C=C1CCC(=O)CC2CCCC12. The summed E-state index contributed by atoms with van der Waals surface area (Å²) in [5.74, 6) is 1.81. The molecule has 12 heavy (non-hydrogen) atoms. The van der Waals surface area contributed by atoms with Crippen LogP contribution in [0.25, 0.3) is 0 Å². The predicted octanol–water partition coefficient (Wildman–Crippen LogP) is 2.71. The van der Waals surface area contributed by atoms with Gasteiger partial charge in [-0.15, -0.1) is 0 Å². The van der Waals surface area contributed by atoms with Crippen LogP contribution in [0, 0.1) is 11.8 Å². The summed E-state index contributed by atoms with van der Waals surface area (Å²) >= 11 is 0. The van der Waals surface area contributed by atoms with E-state index in [-0.39, 0.29) is 0 Å². The van der Waals surface area contributed by atoms with E-state index in [1.165, 1.54) is 24.8 Å². The maximum absolute atomic E-state index is 11.3. The molecule has 0 bridgehead atoms. The van der Waals surface area contributed by atoms with Crippen LogP contribution in [0.5, 0.6) is 0 Å². The second-order valence-electron chi connectivity index (χ2n) is 4.20. The van der Waals surface area contributed by atoms with E-state index < -0.39 is 0 Å². The van der Waals surface area contributed by atoms with Gasteiger partial charge in [-0.1, -0.05) is 18.6 Å². The van der Waals surface area contributed by atoms with Gasteiger partial charge in [-0.25, -0.2) is 0 Å². The summed E-state index contributed by atoms with van der Waals surface area (Å²) in [6, 6.07) is 0. The second-order valence-corrected chi connectivity index (χ2v) is 4.20. The van der Waals surface area contributed by atoms with Gasteiger partial charge < -0.3 is 0 Å². The fraction of sp³-hybridized carbons (Fsp3) is 0.727. The van der Waals surface area contributed by atoms with E-state index in [0.717, 1.165) is 19.3 Å². The maximum Gasteiger partial charge on any atom is 0.133 e. The molecule has 2 fully saturated rings. The van der Waals surface area contributed by atoms with E-state index >= 15 is 0 Å². The summed E-state index contributed by atoms with van der Waals surface area (Å²) in [5, 5.41) is 0. The molecule has 0 N–H and O–H groups in total. The Morgan fingerprint density at radius 2 is 2.08 bits per heavy atom. The number of rotatable bonds is 0. The molecule has 0 radical (unpaired) electrons. The van der Waals surface area contributed by atoms with Crippen molar-refractivity contribution in [2.75, 3.05) is 0 Å². The largest absolute Gasteiger partial charge is 0.300 e. The lowest BCUT2D eigenvalue weighted by Crippen LogP contribution is -2.09. The van der Waals surface area contributed by atoms with Gasteiger partial charge in [-0.05, 0) is 31.1 Å². The number of carbonyl (C=O) groups is 1. The Kier molecular flexibility index (Phi) is 2.03. The molecule has 0 aromatic carbocycles. The second kappa shape index (κ2) is 3.04. The van der Waals surface area contributed by atoms with E-state index in [2.05, 4.69) is 6.58 Å². The van der Waals surface area contributed by atoms with Gasteiger partial charge in [-0.3, -0.25) is 4.79 Å². The van der Waals surface area contributed by atoms with E-state index in [1.807, 2.05) is 0 Å². The van der Waals surface area contributed by atoms with Gasteiger partial charge in [0, 0.05) is 12.8 Å². The van der Waals surface area contributed by atoms with Crippen LogP contribution in [0.4, 0.5) is 0 Å². The minimum absolute atomic E-state index is 0.463. The molecular weight excluding hydrogens is 148 g/mol. The van der Waals surface area contributed by atoms with Crippen LogP contribution >= 0.6 is 0 Å². The number of fused-ring (bicyclic) bond motifs is 1. The standard InChI is InChI=1S/C11H16O/c1-8-5-6-10(12)7-9-3-2-4-11(8)9/h9,11H,1-7H2. The Balaban J connectivity index is 2.15. The Morgan fingerprint density at radius 3 is 2.92 bits per heavy atom. The van der Waals surface area contributed by atoms with Gasteiger partial charge in [0.1, 0.15) is 5.78 Å². The third kappa shape index (κ3) is 1.33. The maximum atomic E-state index is 11.3. The van der Waals surface area contributed by atoms with Crippen LogP contribution in [-0.2, 0) is 4.79 Å². The zero-order chi connectivity index (χ0) is 8.55. The molecule has 2 aliphatic rings. The highest BCUT2D eigenvalue weighted by Crippen LogP contribution is 2.42. The van der Waals surface area contributed by atoms with Crippen molar-refractivity contribution in [1.29, 1.82) is 0 Å². The van der Waals surface area contributed by atoms with Crippen molar-refractivity contribution in [2.45, 2.75) is 38.5 Å². The first-order chi connectivity index (χ1) is 5.77. The van der Waals surface area contributed by atoms with E-state index in [9.17, 15) is 4.79 Å². The predicted molar refractivity (Wildman–Crippen MR) is 48.8 cm³/mol. The molecule has 0 aromatic heterocycles. The third-order valence-electron chi connectivity index (χ3n) is 3.40. The highest BCUT2D eigenvalue weighted by molar-refractivity contribution is 5.79. The van der Waals surface area contributed by atoms with Crippen molar-refractivity contribution in [2.24, 2.45) is 11.8 Å². The number of hydrogen-bond acceptors (Lipinski definition) is 1. The molecule has 0 saturated heterocycles. The average Bonchev–Trinajstić information content (AvgIpc) is 2.44. The average molecular weight is 164 g/mol. The zero-order valence-corrected chi connectivity index (χ0v) is 7.51. The molecule has 0 aromatic rings. The number of hydrogen-bond donors (Lipinski definition) is 0. The number of carbonyl (C=O) groups excluding carboxylic acids is 1. The molecule has 0 aliphatic heterocycles. The summed E-state index contributed by atoms with van der Waals surface area (Å²) in [5.41, 5.74) is 1.35. The van der Waals surface area contributed by atoms with Crippen LogP contribution < -0.4 is 0 Å². The Hall–Kier alpha value is -0.590. The Bertz CT molecular complexity index is 217. The van der Waals surface area contributed by atoms with Crippen LogP contribution in [-0.4, -0.2) is 5.78 Å². The highest BCUT2D eigenvalue weighted by atomic mass is 16.1. The number of Topliss-reactive ketones (excluding diaryl/α,β-unsaturated/α-hetero) is 1. The normalized spacial score (nSPS) is 36.3. The van der Waals surface area contributed by atoms with Gasteiger partial charge >= 0.3 is 0 Å². The van der Waals surface area contributed by atoms with Gasteiger partial charge in [0.15, 0.2) is 0 Å². The van der Waals surface area contributed by atoms with Gasteiger partial charge in [0.05, 0.1) is 0 Å². The van der Waals surface area contributed by atoms with Crippen molar-refractivity contribution >= 4 is 5.78 Å². The van der Waals surface area contributed by atoms with Crippen LogP contribution in [0.1, 0.15) is 38.5 Å². The van der Waals surface area contributed by atoms with Crippen LogP contribution in [0.15, 0.2) is 12.2 Å². The van der Waals surface area contributed by atoms with Crippen molar-refractivity contribution in [3.05, 3.63) is 12.2 Å². The Morgan fingerprint density at radius 1 is 1.25 bits per heavy atom.